The van der Waals surface area contributed by atoms with Crippen molar-refractivity contribution in [1.29, 1.82) is 0 Å². The molecule has 0 aliphatic carbocycles. The summed E-state index contributed by atoms with van der Waals surface area (Å²) >= 11 is 0. The van der Waals surface area contributed by atoms with E-state index in [1.165, 1.54) is 0 Å². The summed E-state index contributed by atoms with van der Waals surface area (Å²) in [6.45, 7) is 4.03. The summed E-state index contributed by atoms with van der Waals surface area (Å²) in [4.78, 5) is 12.3. The second-order valence-corrected chi connectivity index (χ2v) is 5.49. The smallest absolute Gasteiger partial charge is 0.319 e. The predicted octanol–water partition coefficient (Wildman–Crippen LogP) is 4.29. The van der Waals surface area contributed by atoms with Crippen molar-refractivity contribution in [3.05, 3.63) is 53.6 Å². The third-order valence-electron chi connectivity index (χ3n) is 3.89. The molecule has 0 radical (unpaired) electrons. The Kier molecular flexibility index (Phi) is 6.07. The molecule has 0 aromatic heterocycles. The molecule has 0 unspecified atom stereocenters. The molecule has 1 atom stereocenters. The van der Waals surface area contributed by atoms with Crippen LogP contribution >= 0.6 is 0 Å². The van der Waals surface area contributed by atoms with Crippen LogP contribution < -0.4 is 20.1 Å². The van der Waals surface area contributed by atoms with E-state index in [1.807, 2.05) is 44.2 Å². The highest BCUT2D eigenvalue weighted by molar-refractivity contribution is 5.91. The summed E-state index contributed by atoms with van der Waals surface area (Å²) in [5.74, 6) is 1.47. The van der Waals surface area contributed by atoms with Crippen molar-refractivity contribution in [3.63, 3.8) is 0 Å². The van der Waals surface area contributed by atoms with E-state index in [1.54, 1.807) is 26.4 Å². The third kappa shape index (κ3) is 4.19. The highest BCUT2D eigenvalue weighted by atomic mass is 16.5. The Labute approximate surface area is 143 Å². The van der Waals surface area contributed by atoms with Crippen LogP contribution in [-0.4, -0.2) is 20.3 Å². The number of aryl methyl sites for hydroxylation is 1. The van der Waals surface area contributed by atoms with Gasteiger partial charge in [-0.25, -0.2) is 4.79 Å². The molecule has 0 heterocycles. The molecule has 2 aromatic rings. The van der Waals surface area contributed by atoms with Crippen molar-refractivity contribution < 1.29 is 14.3 Å². The zero-order chi connectivity index (χ0) is 17.5. The molecule has 0 saturated carbocycles. The number of ether oxygens (including phenoxy) is 2. The summed E-state index contributed by atoms with van der Waals surface area (Å²) < 4.78 is 10.5. The first kappa shape index (κ1) is 17.7. The van der Waals surface area contributed by atoms with Crippen molar-refractivity contribution in [3.8, 4) is 11.5 Å². The minimum atomic E-state index is -0.264. The van der Waals surface area contributed by atoms with Crippen LogP contribution in [0.2, 0.25) is 0 Å². The number of urea groups is 1. The van der Waals surface area contributed by atoms with Crippen LogP contribution in [0.3, 0.4) is 0 Å². The van der Waals surface area contributed by atoms with Crippen LogP contribution in [-0.2, 0) is 0 Å². The Hall–Kier alpha value is -2.69. The van der Waals surface area contributed by atoms with Gasteiger partial charge < -0.3 is 20.1 Å². The van der Waals surface area contributed by atoms with Gasteiger partial charge in [-0.05, 0) is 42.7 Å². The molecular formula is C19H24N2O3. The van der Waals surface area contributed by atoms with E-state index in [2.05, 4.69) is 10.6 Å². The minimum Gasteiger partial charge on any atom is -0.496 e. The number of para-hydroxylation sites is 2. The SMILES string of the molecule is CC[C@H](NC(=O)Nc1ccccc1OC)c1ccc(OC)c(C)c1. The van der Waals surface area contributed by atoms with Crippen molar-refractivity contribution in [2.24, 2.45) is 0 Å². The number of hydrogen-bond donors (Lipinski definition) is 2. The number of rotatable bonds is 6. The van der Waals surface area contributed by atoms with Gasteiger partial charge in [-0.3, -0.25) is 0 Å². The average molecular weight is 328 g/mol. The average Bonchev–Trinajstić information content (AvgIpc) is 2.60. The van der Waals surface area contributed by atoms with Crippen LogP contribution in [0.5, 0.6) is 11.5 Å². The van der Waals surface area contributed by atoms with Crippen LogP contribution in [0.1, 0.15) is 30.5 Å². The molecule has 2 N–H and O–H groups in total. The minimum absolute atomic E-state index is 0.0793. The zero-order valence-electron chi connectivity index (χ0n) is 14.6. The van der Waals surface area contributed by atoms with Gasteiger partial charge in [0.2, 0.25) is 0 Å². The first-order valence-corrected chi connectivity index (χ1v) is 7.94. The van der Waals surface area contributed by atoms with Gasteiger partial charge in [0.25, 0.3) is 0 Å². The fourth-order valence-electron chi connectivity index (χ4n) is 2.60. The molecule has 2 aromatic carbocycles. The van der Waals surface area contributed by atoms with Gasteiger partial charge in [-0.1, -0.05) is 31.2 Å². The number of hydrogen-bond acceptors (Lipinski definition) is 3. The summed E-state index contributed by atoms with van der Waals surface area (Å²) in [5.41, 5.74) is 2.73. The number of benzene rings is 2. The normalized spacial score (nSPS) is 11.5. The lowest BCUT2D eigenvalue weighted by molar-refractivity contribution is 0.248. The number of amides is 2. The Balaban J connectivity index is 2.09. The molecule has 0 aliphatic rings. The second kappa shape index (κ2) is 8.24. The number of nitrogens with one attached hydrogen (secondary N) is 2. The van der Waals surface area contributed by atoms with Crippen LogP contribution in [0.15, 0.2) is 42.5 Å². The van der Waals surface area contributed by atoms with E-state index in [0.717, 1.165) is 23.3 Å². The van der Waals surface area contributed by atoms with Crippen LogP contribution in [0.25, 0.3) is 0 Å². The topological polar surface area (TPSA) is 59.6 Å². The predicted molar refractivity (Wildman–Crippen MR) is 95.9 cm³/mol. The van der Waals surface area contributed by atoms with E-state index in [4.69, 9.17) is 9.47 Å². The Bertz CT molecular complexity index is 701. The Morgan fingerprint density at radius 2 is 1.79 bits per heavy atom. The Morgan fingerprint density at radius 3 is 2.42 bits per heavy atom. The molecule has 2 rings (SSSR count). The van der Waals surface area contributed by atoms with Crippen molar-refractivity contribution >= 4 is 11.7 Å². The van der Waals surface area contributed by atoms with E-state index < -0.39 is 0 Å². The molecule has 0 saturated heterocycles. The molecule has 5 nitrogen and oxygen atoms in total. The molecule has 24 heavy (non-hydrogen) atoms. The van der Waals surface area contributed by atoms with Gasteiger partial charge in [0.15, 0.2) is 0 Å². The summed E-state index contributed by atoms with van der Waals surface area (Å²) in [7, 11) is 3.23. The molecule has 128 valence electrons. The lowest BCUT2D eigenvalue weighted by Crippen LogP contribution is -2.32. The number of methoxy groups -OCH3 is 2. The standard InChI is InChI=1S/C19H24N2O3/c1-5-15(14-10-11-17(23-3)13(2)12-14)20-19(22)21-16-8-6-7-9-18(16)24-4/h6-12,15H,5H2,1-4H3,(H2,20,21,22)/t15-/m0/s1. The molecule has 0 spiro atoms. The van der Waals surface area contributed by atoms with Crippen LogP contribution in [0.4, 0.5) is 10.5 Å². The monoisotopic (exact) mass is 328 g/mol. The number of carbonyl (C=O) groups excluding carboxylic acids is 1. The fraction of sp³-hybridized carbons (Fsp3) is 0.316. The van der Waals surface area contributed by atoms with Gasteiger partial charge in [-0.15, -0.1) is 0 Å². The van der Waals surface area contributed by atoms with E-state index in [9.17, 15) is 4.79 Å². The lowest BCUT2D eigenvalue weighted by Gasteiger charge is -2.19. The maximum absolute atomic E-state index is 12.3. The highest BCUT2D eigenvalue weighted by Crippen LogP contribution is 2.25. The highest BCUT2D eigenvalue weighted by Gasteiger charge is 2.15. The van der Waals surface area contributed by atoms with Gasteiger partial charge >= 0.3 is 6.03 Å². The summed E-state index contributed by atoms with van der Waals surface area (Å²) in [6, 6.07) is 12.9. The van der Waals surface area contributed by atoms with E-state index in [0.29, 0.717) is 11.4 Å². The second-order valence-electron chi connectivity index (χ2n) is 5.49. The lowest BCUT2D eigenvalue weighted by atomic mass is 10.0. The number of anilines is 1. The first-order chi connectivity index (χ1) is 11.6. The maximum atomic E-state index is 12.3. The van der Waals surface area contributed by atoms with Gasteiger partial charge in [0, 0.05) is 0 Å². The Morgan fingerprint density at radius 1 is 1.08 bits per heavy atom. The first-order valence-electron chi connectivity index (χ1n) is 7.94. The zero-order valence-corrected chi connectivity index (χ0v) is 14.6. The van der Waals surface area contributed by atoms with E-state index in [-0.39, 0.29) is 12.1 Å². The molecule has 5 heteroatoms. The third-order valence-corrected chi connectivity index (χ3v) is 3.89. The fourth-order valence-corrected chi connectivity index (χ4v) is 2.60. The molecule has 0 bridgehead atoms. The van der Waals surface area contributed by atoms with Gasteiger partial charge in [0.1, 0.15) is 11.5 Å². The molecular weight excluding hydrogens is 304 g/mol. The van der Waals surface area contributed by atoms with E-state index >= 15 is 0 Å². The maximum Gasteiger partial charge on any atom is 0.319 e. The quantitative estimate of drug-likeness (QED) is 0.832. The summed E-state index contributed by atoms with van der Waals surface area (Å²) in [6.07, 6.45) is 0.783. The van der Waals surface area contributed by atoms with Crippen LogP contribution in [0, 0.1) is 6.92 Å². The number of carbonyl (C=O) groups is 1. The van der Waals surface area contributed by atoms with Gasteiger partial charge in [-0.2, -0.15) is 0 Å². The molecule has 2 amide bonds. The largest absolute Gasteiger partial charge is 0.496 e. The molecule has 0 fully saturated rings. The molecule has 0 aliphatic heterocycles. The van der Waals surface area contributed by atoms with Crippen molar-refractivity contribution in [1.82, 2.24) is 5.32 Å². The summed E-state index contributed by atoms with van der Waals surface area (Å²) in [5, 5.41) is 5.83. The van der Waals surface area contributed by atoms with Crippen molar-refractivity contribution in [2.45, 2.75) is 26.3 Å². The van der Waals surface area contributed by atoms with Gasteiger partial charge in [0.05, 0.1) is 25.9 Å². The van der Waals surface area contributed by atoms with Crippen molar-refractivity contribution in [2.75, 3.05) is 19.5 Å².